The first kappa shape index (κ1) is 16.0. The van der Waals surface area contributed by atoms with Crippen LogP contribution in [-0.4, -0.2) is 36.6 Å². The summed E-state index contributed by atoms with van der Waals surface area (Å²) in [5.74, 6) is 0.893. The molecular weight excluding hydrogens is 220 g/mol. The zero-order valence-corrected chi connectivity index (χ0v) is 13.5. The van der Waals surface area contributed by atoms with E-state index in [1.165, 1.54) is 38.9 Å². The number of rotatable bonds is 4. The molecule has 0 bridgehead atoms. The summed E-state index contributed by atoms with van der Waals surface area (Å²) in [5.41, 5.74) is 0.726. The number of nitrogens with one attached hydrogen (secondary N) is 1. The lowest BCUT2D eigenvalue weighted by atomic mass is 9.77. The molecule has 1 unspecified atom stereocenters. The summed E-state index contributed by atoms with van der Waals surface area (Å²) in [4.78, 5) is 2.66. The van der Waals surface area contributed by atoms with Gasteiger partial charge in [-0.3, -0.25) is 0 Å². The lowest BCUT2D eigenvalue weighted by Crippen LogP contribution is -2.49. The van der Waals surface area contributed by atoms with Gasteiger partial charge in [-0.1, -0.05) is 27.7 Å². The van der Waals surface area contributed by atoms with Gasteiger partial charge in [-0.05, 0) is 64.1 Å². The minimum atomic E-state index is 0.246. The molecule has 1 fully saturated rings. The molecule has 1 rings (SSSR count). The van der Waals surface area contributed by atoms with E-state index < -0.39 is 0 Å². The molecule has 1 heterocycles. The Bertz CT molecular complexity index is 240. The molecule has 0 aliphatic carbocycles. The van der Waals surface area contributed by atoms with E-state index in [2.05, 4.69) is 51.8 Å². The highest BCUT2D eigenvalue weighted by molar-refractivity contribution is 4.84. The maximum absolute atomic E-state index is 3.59. The van der Waals surface area contributed by atoms with Crippen molar-refractivity contribution in [2.45, 2.75) is 66.3 Å². The number of nitrogens with zero attached hydrogens (tertiary/aromatic N) is 1. The van der Waals surface area contributed by atoms with Gasteiger partial charge in [-0.15, -0.1) is 0 Å². The van der Waals surface area contributed by atoms with Gasteiger partial charge in [-0.25, -0.2) is 0 Å². The molecule has 0 aromatic heterocycles. The normalized spacial score (nSPS) is 24.0. The quantitative estimate of drug-likeness (QED) is 0.826. The minimum Gasteiger partial charge on any atom is -0.311 e. The fourth-order valence-corrected chi connectivity index (χ4v) is 3.27. The zero-order valence-electron chi connectivity index (χ0n) is 13.5. The highest BCUT2D eigenvalue weighted by Gasteiger charge is 2.28. The van der Waals surface area contributed by atoms with E-state index in [9.17, 15) is 0 Å². The van der Waals surface area contributed by atoms with Gasteiger partial charge in [0.1, 0.15) is 0 Å². The molecule has 1 atom stereocenters. The van der Waals surface area contributed by atoms with Crippen LogP contribution in [0.5, 0.6) is 0 Å². The van der Waals surface area contributed by atoms with Gasteiger partial charge in [0.05, 0.1) is 0 Å². The van der Waals surface area contributed by atoms with Crippen LogP contribution in [0.3, 0.4) is 0 Å². The Morgan fingerprint density at radius 2 is 1.72 bits per heavy atom. The van der Waals surface area contributed by atoms with E-state index in [4.69, 9.17) is 0 Å². The molecule has 18 heavy (non-hydrogen) atoms. The zero-order chi connectivity index (χ0) is 13.8. The summed E-state index contributed by atoms with van der Waals surface area (Å²) in [5, 5.41) is 3.59. The van der Waals surface area contributed by atoms with Crippen molar-refractivity contribution < 1.29 is 0 Å². The van der Waals surface area contributed by atoms with Gasteiger partial charge in [0.25, 0.3) is 0 Å². The van der Waals surface area contributed by atoms with Crippen molar-refractivity contribution in [3.05, 3.63) is 0 Å². The summed E-state index contributed by atoms with van der Waals surface area (Å²) in [6.07, 6.45) is 4.14. The second-order valence-electron chi connectivity index (χ2n) is 7.68. The summed E-state index contributed by atoms with van der Waals surface area (Å²) < 4.78 is 0. The first-order chi connectivity index (χ1) is 8.24. The van der Waals surface area contributed by atoms with Gasteiger partial charge in [0, 0.05) is 12.1 Å². The van der Waals surface area contributed by atoms with Crippen LogP contribution in [0, 0.1) is 11.3 Å². The van der Waals surface area contributed by atoms with E-state index in [-0.39, 0.29) is 5.54 Å². The van der Waals surface area contributed by atoms with Crippen LogP contribution < -0.4 is 5.32 Å². The Morgan fingerprint density at radius 3 is 2.28 bits per heavy atom. The molecule has 0 spiro atoms. The van der Waals surface area contributed by atoms with Crippen LogP contribution in [-0.2, 0) is 0 Å². The molecule has 1 saturated heterocycles. The number of hydrogen-bond acceptors (Lipinski definition) is 2. The third kappa shape index (κ3) is 5.27. The third-order valence-corrected chi connectivity index (χ3v) is 4.32. The molecule has 1 N–H and O–H groups in total. The summed E-state index contributed by atoms with van der Waals surface area (Å²) >= 11 is 0. The van der Waals surface area contributed by atoms with Crippen LogP contribution in [0.15, 0.2) is 0 Å². The maximum Gasteiger partial charge on any atom is 0.0252 e. The molecule has 0 aromatic rings. The fraction of sp³-hybridized carbons (Fsp3) is 1.00. The first-order valence-corrected chi connectivity index (χ1v) is 7.72. The third-order valence-electron chi connectivity index (χ3n) is 4.32. The van der Waals surface area contributed by atoms with Crippen LogP contribution in [0.2, 0.25) is 0 Å². The SMILES string of the molecule is CCNC(C)(C)CN1CCCC(C(C)(C)C)CC1. The van der Waals surface area contributed by atoms with Gasteiger partial charge < -0.3 is 10.2 Å². The van der Waals surface area contributed by atoms with Crippen molar-refractivity contribution in [1.82, 2.24) is 10.2 Å². The number of likely N-dealkylation sites (N-methyl/N-ethyl adjacent to an activating group) is 1. The molecule has 0 aromatic carbocycles. The Kier molecular flexibility index (Phi) is 5.67. The molecule has 0 radical (unpaired) electrons. The van der Waals surface area contributed by atoms with Crippen LogP contribution in [0.1, 0.15) is 60.8 Å². The van der Waals surface area contributed by atoms with Crippen LogP contribution in [0.25, 0.3) is 0 Å². The highest BCUT2D eigenvalue weighted by Crippen LogP contribution is 2.34. The largest absolute Gasteiger partial charge is 0.311 e. The fourth-order valence-electron chi connectivity index (χ4n) is 3.27. The topological polar surface area (TPSA) is 15.3 Å². The molecule has 1 aliphatic rings. The van der Waals surface area contributed by atoms with Crippen molar-refractivity contribution in [2.24, 2.45) is 11.3 Å². The average molecular weight is 254 g/mol. The van der Waals surface area contributed by atoms with Crippen molar-refractivity contribution >= 4 is 0 Å². The molecule has 0 saturated carbocycles. The monoisotopic (exact) mass is 254 g/mol. The Balaban J connectivity index is 2.47. The van der Waals surface area contributed by atoms with Gasteiger partial charge in [0.15, 0.2) is 0 Å². The molecule has 108 valence electrons. The van der Waals surface area contributed by atoms with E-state index in [0.717, 1.165) is 12.5 Å². The van der Waals surface area contributed by atoms with Crippen molar-refractivity contribution in [2.75, 3.05) is 26.2 Å². The van der Waals surface area contributed by atoms with E-state index in [1.54, 1.807) is 0 Å². The Morgan fingerprint density at radius 1 is 1.06 bits per heavy atom. The van der Waals surface area contributed by atoms with Gasteiger partial charge in [0.2, 0.25) is 0 Å². The van der Waals surface area contributed by atoms with E-state index in [0.29, 0.717) is 5.41 Å². The Hall–Kier alpha value is -0.0800. The standard InChI is InChI=1S/C16H34N2/c1-7-17-16(5,6)13-18-11-8-9-14(10-12-18)15(2,3)4/h14,17H,7-13H2,1-6H3. The maximum atomic E-state index is 3.59. The number of likely N-dealkylation sites (tertiary alicyclic amines) is 1. The second-order valence-corrected chi connectivity index (χ2v) is 7.68. The van der Waals surface area contributed by atoms with Gasteiger partial charge in [-0.2, -0.15) is 0 Å². The highest BCUT2D eigenvalue weighted by atomic mass is 15.2. The molecule has 0 amide bonds. The molecule has 1 aliphatic heterocycles. The minimum absolute atomic E-state index is 0.246. The summed E-state index contributed by atoms with van der Waals surface area (Å²) in [7, 11) is 0. The lowest BCUT2D eigenvalue weighted by Gasteiger charge is -2.33. The predicted molar refractivity (Wildman–Crippen MR) is 81.0 cm³/mol. The first-order valence-electron chi connectivity index (χ1n) is 7.72. The number of hydrogen-bond donors (Lipinski definition) is 1. The van der Waals surface area contributed by atoms with Crippen molar-refractivity contribution in [3.63, 3.8) is 0 Å². The molecule has 2 heteroatoms. The second kappa shape index (κ2) is 6.38. The van der Waals surface area contributed by atoms with Crippen molar-refractivity contribution in [3.8, 4) is 0 Å². The predicted octanol–water partition coefficient (Wildman–Crippen LogP) is 3.52. The van der Waals surface area contributed by atoms with E-state index in [1.807, 2.05) is 0 Å². The van der Waals surface area contributed by atoms with Crippen LogP contribution >= 0.6 is 0 Å². The van der Waals surface area contributed by atoms with E-state index >= 15 is 0 Å². The van der Waals surface area contributed by atoms with Crippen LogP contribution in [0.4, 0.5) is 0 Å². The summed E-state index contributed by atoms with van der Waals surface area (Å²) in [6, 6.07) is 0. The van der Waals surface area contributed by atoms with Gasteiger partial charge >= 0.3 is 0 Å². The average Bonchev–Trinajstić information content (AvgIpc) is 2.41. The summed E-state index contributed by atoms with van der Waals surface area (Å²) in [6.45, 7) is 18.8. The molecular formula is C16H34N2. The van der Waals surface area contributed by atoms with Crippen molar-refractivity contribution in [1.29, 1.82) is 0 Å². The smallest absolute Gasteiger partial charge is 0.0252 e. The molecule has 2 nitrogen and oxygen atoms in total. The lowest BCUT2D eigenvalue weighted by molar-refractivity contribution is 0.187. The Labute approximate surface area is 115 Å².